The Morgan fingerprint density at radius 1 is 1.50 bits per heavy atom. The Morgan fingerprint density at radius 3 is 2.89 bits per heavy atom. The molecule has 0 saturated heterocycles. The fourth-order valence-corrected chi connectivity index (χ4v) is 1.31. The van der Waals surface area contributed by atoms with Gasteiger partial charge in [0.05, 0.1) is 5.56 Å². The molecule has 0 radical (unpaired) electrons. The minimum Gasteiger partial charge on any atom is -0.507 e. The van der Waals surface area contributed by atoms with E-state index in [4.69, 9.17) is 10.9 Å². The number of phenolic OH excluding ortho intramolecular Hbond substituents is 1. The smallest absolute Gasteiger partial charge is 0.255 e. The van der Waals surface area contributed by atoms with Crippen molar-refractivity contribution in [3.63, 3.8) is 0 Å². The molecule has 1 aromatic rings. The molecule has 1 aromatic carbocycles. The van der Waals surface area contributed by atoms with Gasteiger partial charge in [-0.25, -0.2) is 4.39 Å². The molecule has 0 bridgehead atoms. The number of carbonyl (C=O) groups is 1. The van der Waals surface area contributed by atoms with Crippen molar-refractivity contribution in [2.75, 3.05) is 6.54 Å². The highest BCUT2D eigenvalue weighted by atomic mass is 19.1. The zero-order valence-corrected chi connectivity index (χ0v) is 9.56. The maximum absolute atomic E-state index is 12.9. The van der Waals surface area contributed by atoms with Crippen LogP contribution in [0.3, 0.4) is 0 Å². The lowest BCUT2D eigenvalue weighted by molar-refractivity contribution is 0.0950. The second-order valence-corrected chi connectivity index (χ2v) is 3.61. The molecular formula is C11H14FN3O3. The number of nitrogens with zero attached hydrogens (tertiary/aromatic N) is 1. The van der Waals surface area contributed by atoms with Gasteiger partial charge in [-0.3, -0.25) is 4.79 Å². The average Bonchev–Trinajstić information content (AvgIpc) is 2.36. The molecule has 0 atom stereocenters. The summed E-state index contributed by atoms with van der Waals surface area (Å²) in [4.78, 5) is 11.6. The summed E-state index contributed by atoms with van der Waals surface area (Å²) < 4.78 is 12.9. The summed E-state index contributed by atoms with van der Waals surface area (Å²) in [6.45, 7) is 0.269. The average molecular weight is 255 g/mol. The summed E-state index contributed by atoms with van der Waals surface area (Å²) >= 11 is 0. The molecule has 1 amide bonds. The molecule has 0 aliphatic carbocycles. The SMILES string of the molecule is N/C(CCCNC(=O)c1cc(F)ccc1O)=N/O. The van der Waals surface area contributed by atoms with Gasteiger partial charge in [-0.15, -0.1) is 0 Å². The molecule has 5 N–H and O–H groups in total. The summed E-state index contributed by atoms with van der Waals surface area (Å²) in [7, 11) is 0. The predicted octanol–water partition coefficient (Wildman–Crippen LogP) is 0.788. The van der Waals surface area contributed by atoms with Crippen LogP contribution in [0.15, 0.2) is 23.4 Å². The van der Waals surface area contributed by atoms with Gasteiger partial charge in [0, 0.05) is 13.0 Å². The van der Waals surface area contributed by atoms with E-state index in [1.54, 1.807) is 0 Å². The number of nitrogens with two attached hydrogens (primary N) is 1. The van der Waals surface area contributed by atoms with Crippen molar-refractivity contribution < 1.29 is 19.5 Å². The van der Waals surface area contributed by atoms with Gasteiger partial charge >= 0.3 is 0 Å². The van der Waals surface area contributed by atoms with E-state index in [-0.39, 0.29) is 23.7 Å². The summed E-state index contributed by atoms with van der Waals surface area (Å²) in [5, 5.41) is 22.9. The number of oxime groups is 1. The summed E-state index contributed by atoms with van der Waals surface area (Å²) in [5.41, 5.74) is 5.12. The monoisotopic (exact) mass is 255 g/mol. The Balaban J connectivity index is 2.48. The molecule has 0 saturated carbocycles. The molecule has 0 unspecified atom stereocenters. The van der Waals surface area contributed by atoms with Crippen LogP contribution in [-0.4, -0.2) is 28.6 Å². The van der Waals surface area contributed by atoms with Gasteiger partial charge in [-0.2, -0.15) is 0 Å². The van der Waals surface area contributed by atoms with Crippen molar-refractivity contribution in [3.8, 4) is 5.75 Å². The van der Waals surface area contributed by atoms with Crippen molar-refractivity contribution in [1.82, 2.24) is 5.32 Å². The third kappa shape index (κ3) is 3.93. The standard InChI is InChI=1S/C11H14FN3O3/c12-7-3-4-9(16)8(6-7)11(17)14-5-1-2-10(13)15-18/h3-4,6,16,18H,1-2,5H2,(H2,13,15)(H,14,17). The van der Waals surface area contributed by atoms with Gasteiger partial charge in [0.15, 0.2) is 0 Å². The Labute approximate surface area is 103 Å². The fraction of sp³-hybridized carbons (Fsp3) is 0.273. The highest BCUT2D eigenvalue weighted by Gasteiger charge is 2.11. The van der Waals surface area contributed by atoms with Crippen LogP contribution in [0.1, 0.15) is 23.2 Å². The van der Waals surface area contributed by atoms with Gasteiger partial charge in [0.25, 0.3) is 5.91 Å². The molecule has 18 heavy (non-hydrogen) atoms. The van der Waals surface area contributed by atoms with Crippen LogP contribution >= 0.6 is 0 Å². The summed E-state index contributed by atoms with van der Waals surface area (Å²) in [6.07, 6.45) is 0.795. The van der Waals surface area contributed by atoms with Crippen molar-refractivity contribution in [1.29, 1.82) is 0 Å². The topological polar surface area (TPSA) is 108 Å². The molecule has 1 rings (SSSR count). The van der Waals surface area contributed by atoms with Gasteiger partial charge in [0.1, 0.15) is 17.4 Å². The molecule has 6 nitrogen and oxygen atoms in total. The number of hydrogen-bond donors (Lipinski definition) is 4. The number of benzene rings is 1. The van der Waals surface area contributed by atoms with E-state index in [0.29, 0.717) is 12.8 Å². The number of halogens is 1. The molecule has 0 spiro atoms. The lowest BCUT2D eigenvalue weighted by atomic mass is 10.2. The fourth-order valence-electron chi connectivity index (χ4n) is 1.31. The first-order valence-electron chi connectivity index (χ1n) is 5.27. The van der Waals surface area contributed by atoms with E-state index in [9.17, 15) is 14.3 Å². The molecule has 0 aromatic heterocycles. The number of nitrogens with one attached hydrogen (secondary N) is 1. The maximum atomic E-state index is 12.9. The van der Waals surface area contributed by atoms with E-state index in [1.807, 2.05) is 0 Å². The molecule has 0 aliphatic rings. The van der Waals surface area contributed by atoms with Crippen molar-refractivity contribution in [2.24, 2.45) is 10.9 Å². The molecule has 0 aliphatic heterocycles. The van der Waals surface area contributed by atoms with E-state index >= 15 is 0 Å². The van der Waals surface area contributed by atoms with Crippen LogP contribution in [0.4, 0.5) is 4.39 Å². The van der Waals surface area contributed by atoms with Crippen LogP contribution in [0.2, 0.25) is 0 Å². The molecule has 0 fully saturated rings. The number of phenols is 1. The summed E-state index contributed by atoms with van der Waals surface area (Å²) in [6, 6.07) is 3.12. The number of amides is 1. The van der Waals surface area contributed by atoms with Gasteiger partial charge in [0.2, 0.25) is 0 Å². The van der Waals surface area contributed by atoms with Crippen LogP contribution in [0.25, 0.3) is 0 Å². The van der Waals surface area contributed by atoms with E-state index in [1.165, 1.54) is 0 Å². The van der Waals surface area contributed by atoms with Gasteiger partial charge in [-0.05, 0) is 24.6 Å². The first-order chi connectivity index (χ1) is 8.54. The van der Waals surface area contributed by atoms with Crippen LogP contribution in [0, 0.1) is 5.82 Å². The highest BCUT2D eigenvalue weighted by Crippen LogP contribution is 2.17. The Hall–Kier alpha value is -2.31. The zero-order valence-electron chi connectivity index (χ0n) is 9.56. The lowest BCUT2D eigenvalue weighted by Gasteiger charge is -2.06. The van der Waals surface area contributed by atoms with Gasteiger partial charge < -0.3 is 21.4 Å². The number of carbonyl (C=O) groups excluding carboxylic acids is 1. The first-order valence-corrected chi connectivity index (χ1v) is 5.27. The zero-order chi connectivity index (χ0) is 13.5. The van der Waals surface area contributed by atoms with Crippen LogP contribution < -0.4 is 11.1 Å². The van der Waals surface area contributed by atoms with Crippen molar-refractivity contribution >= 4 is 11.7 Å². The molecule has 0 heterocycles. The normalized spacial score (nSPS) is 11.3. The second kappa shape index (κ2) is 6.43. The second-order valence-electron chi connectivity index (χ2n) is 3.61. The Bertz CT molecular complexity index is 463. The quantitative estimate of drug-likeness (QED) is 0.205. The van der Waals surface area contributed by atoms with Gasteiger partial charge in [-0.1, -0.05) is 5.16 Å². The third-order valence-corrected chi connectivity index (χ3v) is 2.23. The summed E-state index contributed by atoms with van der Waals surface area (Å²) in [5.74, 6) is -1.40. The van der Waals surface area contributed by atoms with Crippen LogP contribution in [-0.2, 0) is 0 Å². The predicted molar refractivity (Wildman–Crippen MR) is 63.0 cm³/mol. The Kier molecular flexibility index (Phi) is 4.91. The van der Waals surface area contributed by atoms with Crippen molar-refractivity contribution in [3.05, 3.63) is 29.6 Å². The van der Waals surface area contributed by atoms with Crippen LogP contribution in [0.5, 0.6) is 5.75 Å². The molecule has 98 valence electrons. The minimum absolute atomic E-state index is 0.0675. The first kappa shape index (κ1) is 13.8. The molecule has 7 heteroatoms. The number of hydrogen-bond acceptors (Lipinski definition) is 4. The maximum Gasteiger partial charge on any atom is 0.255 e. The van der Waals surface area contributed by atoms with Crippen molar-refractivity contribution in [2.45, 2.75) is 12.8 Å². The van der Waals surface area contributed by atoms with E-state index in [2.05, 4.69) is 10.5 Å². The number of amidine groups is 1. The number of aromatic hydroxyl groups is 1. The number of rotatable bonds is 5. The Morgan fingerprint density at radius 2 is 2.22 bits per heavy atom. The lowest BCUT2D eigenvalue weighted by Crippen LogP contribution is -2.25. The van der Waals surface area contributed by atoms with E-state index < -0.39 is 11.7 Å². The minimum atomic E-state index is -0.602. The highest BCUT2D eigenvalue weighted by molar-refractivity contribution is 5.96. The largest absolute Gasteiger partial charge is 0.507 e. The molecular weight excluding hydrogens is 241 g/mol. The van der Waals surface area contributed by atoms with E-state index in [0.717, 1.165) is 18.2 Å². The third-order valence-electron chi connectivity index (χ3n) is 2.23.